The van der Waals surface area contributed by atoms with Crippen molar-refractivity contribution in [1.29, 1.82) is 0 Å². The van der Waals surface area contributed by atoms with Crippen LogP contribution in [0.3, 0.4) is 0 Å². The van der Waals surface area contributed by atoms with Gasteiger partial charge >= 0.3 is 0 Å². The molecule has 0 radical (unpaired) electrons. The van der Waals surface area contributed by atoms with E-state index in [9.17, 15) is 9.18 Å². The van der Waals surface area contributed by atoms with E-state index in [4.69, 9.17) is 20.9 Å². The molecule has 2 aromatic rings. The number of anilines is 4. The van der Waals surface area contributed by atoms with Gasteiger partial charge in [-0.1, -0.05) is 12.8 Å². The number of nitrogens with two attached hydrogens (primary N) is 2. The quantitative estimate of drug-likeness (QED) is 0.278. The summed E-state index contributed by atoms with van der Waals surface area (Å²) in [7, 11) is 0. The molecule has 36 heavy (non-hydrogen) atoms. The van der Waals surface area contributed by atoms with E-state index in [1.54, 1.807) is 0 Å². The van der Waals surface area contributed by atoms with Crippen molar-refractivity contribution in [3.05, 3.63) is 41.2 Å². The van der Waals surface area contributed by atoms with Crippen LogP contribution in [-0.2, 0) is 16.0 Å². The van der Waals surface area contributed by atoms with Gasteiger partial charge in [-0.05, 0) is 49.6 Å². The van der Waals surface area contributed by atoms with Gasteiger partial charge in [0.25, 0.3) is 5.91 Å². The summed E-state index contributed by atoms with van der Waals surface area (Å²) in [5.74, 6) is -1.14. The third-order valence-corrected chi connectivity index (χ3v) is 6.51. The van der Waals surface area contributed by atoms with Crippen molar-refractivity contribution in [2.24, 2.45) is 11.5 Å². The number of nitrogens with zero attached hydrogens (tertiary/aromatic N) is 2. The molecule has 0 saturated heterocycles. The highest BCUT2D eigenvalue weighted by Crippen LogP contribution is 2.31. The minimum atomic E-state index is -0.761. The van der Waals surface area contributed by atoms with Crippen molar-refractivity contribution >= 4 is 28.9 Å². The maximum atomic E-state index is 14.8. The molecule has 10 nitrogen and oxygen atoms in total. The maximum Gasteiger partial charge on any atom is 0.252 e. The van der Waals surface area contributed by atoms with Crippen molar-refractivity contribution in [1.82, 2.24) is 10.4 Å². The van der Waals surface area contributed by atoms with Crippen LogP contribution in [0.25, 0.3) is 0 Å². The topological polar surface area (TPSA) is 140 Å². The van der Waals surface area contributed by atoms with Gasteiger partial charge in [0, 0.05) is 30.9 Å². The number of aromatic nitrogens is 1. The van der Waals surface area contributed by atoms with E-state index in [1.165, 1.54) is 0 Å². The van der Waals surface area contributed by atoms with E-state index in [2.05, 4.69) is 21.0 Å². The number of ether oxygens (including phenoxy) is 2. The van der Waals surface area contributed by atoms with Gasteiger partial charge in [-0.15, -0.1) is 0 Å². The first kappa shape index (κ1) is 26.1. The van der Waals surface area contributed by atoms with Crippen LogP contribution in [0.4, 0.5) is 27.4 Å². The highest BCUT2D eigenvalue weighted by atomic mass is 19.1. The second kappa shape index (κ2) is 12.3. The highest BCUT2D eigenvalue weighted by Gasteiger charge is 2.25. The summed E-state index contributed by atoms with van der Waals surface area (Å²) in [6.07, 6.45) is 3.81. The van der Waals surface area contributed by atoms with Crippen LogP contribution in [0, 0.1) is 5.82 Å². The van der Waals surface area contributed by atoms with Gasteiger partial charge < -0.3 is 36.6 Å². The van der Waals surface area contributed by atoms with E-state index in [1.807, 2.05) is 30.1 Å². The fraction of sp³-hybridized carbons (Fsp3) is 0.520. The number of hydrogen-bond donors (Lipinski definition) is 5. The van der Waals surface area contributed by atoms with E-state index in [0.717, 1.165) is 43.0 Å². The lowest BCUT2D eigenvalue weighted by atomic mass is 9.91. The fourth-order valence-corrected chi connectivity index (χ4v) is 4.58. The maximum absolute atomic E-state index is 14.8. The Bertz CT molecular complexity index is 1050. The molecule has 2 atom stereocenters. The second-order valence-electron chi connectivity index (χ2n) is 9.04. The van der Waals surface area contributed by atoms with Crippen molar-refractivity contribution in [3.63, 3.8) is 0 Å². The van der Waals surface area contributed by atoms with Gasteiger partial charge in [0.05, 0.1) is 37.6 Å². The Kier molecular flexibility index (Phi) is 8.92. The summed E-state index contributed by atoms with van der Waals surface area (Å²) in [5.41, 5.74) is 17.9. The normalized spacial score (nSPS) is 19.2. The molecule has 1 aromatic carbocycles. The predicted molar refractivity (Wildman–Crippen MR) is 138 cm³/mol. The smallest absolute Gasteiger partial charge is 0.252 e. The SMILES string of the molecule is CCOCCOCCN1NCc2cc(Nc3nc(NC4CCCCC4N)c(F)cc3C(N)=O)ccc21. The summed E-state index contributed by atoms with van der Waals surface area (Å²) >= 11 is 0. The average Bonchev–Trinajstić information content (AvgIpc) is 3.26. The Labute approximate surface area is 210 Å². The Morgan fingerprint density at radius 3 is 2.78 bits per heavy atom. The molecule has 196 valence electrons. The number of nitrogens with one attached hydrogen (secondary N) is 3. The zero-order valence-electron chi connectivity index (χ0n) is 20.7. The number of halogens is 1. The number of benzene rings is 1. The lowest BCUT2D eigenvalue weighted by Crippen LogP contribution is -2.43. The summed E-state index contributed by atoms with van der Waals surface area (Å²) in [4.78, 5) is 16.4. The fourth-order valence-electron chi connectivity index (χ4n) is 4.58. The number of hydrogen-bond acceptors (Lipinski definition) is 9. The molecule has 2 unspecified atom stereocenters. The minimum Gasteiger partial charge on any atom is -0.379 e. The molecular formula is C25H36FN7O3. The Hall–Kier alpha value is -2.99. The van der Waals surface area contributed by atoms with Crippen molar-refractivity contribution < 1.29 is 18.7 Å². The zero-order valence-corrected chi connectivity index (χ0v) is 20.7. The number of carbonyl (C=O) groups is 1. The first-order chi connectivity index (χ1) is 17.5. The predicted octanol–water partition coefficient (Wildman–Crippen LogP) is 2.62. The standard InChI is InChI=1S/C25H36FN7O3/c1-2-35-11-12-36-10-9-33-22-8-7-17(13-16(22)15-29-33)30-24-18(23(28)34)14-19(26)25(32-24)31-21-6-4-3-5-20(21)27/h7-8,13-14,20-21,29H,2-6,9-12,15,27H2,1H3,(H2,28,34)(H2,30,31,32). The molecule has 0 bridgehead atoms. The second-order valence-corrected chi connectivity index (χ2v) is 9.04. The molecule has 1 aromatic heterocycles. The average molecular weight is 502 g/mol. The van der Waals surface area contributed by atoms with E-state index in [0.29, 0.717) is 45.2 Å². The number of hydrazine groups is 1. The molecule has 2 aliphatic rings. The molecule has 4 rings (SSSR count). The van der Waals surface area contributed by atoms with Gasteiger partial charge in [0.15, 0.2) is 11.6 Å². The molecule has 0 spiro atoms. The zero-order chi connectivity index (χ0) is 25.5. The Balaban J connectivity index is 1.45. The van der Waals surface area contributed by atoms with Gasteiger partial charge in [0.2, 0.25) is 0 Å². The summed E-state index contributed by atoms with van der Waals surface area (Å²) in [5, 5.41) is 8.33. The third-order valence-electron chi connectivity index (χ3n) is 6.51. The summed E-state index contributed by atoms with van der Waals surface area (Å²) < 4.78 is 25.7. The molecule has 7 N–H and O–H groups in total. The van der Waals surface area contributed by atoms with Gasteiger partial charge in [0.1, 0.15) is 5.82 Å². The molecular weight excluding hydrogens is 465 g/mol. The van der Waals surface area contributed by atoms with Crippen LogP contribution in [0.2, 0.25) is 0 Å². The highest BCUT2D eigenvalue weighted by molar-refractivity contribution is 5.98. The molecule has 1 fully saturated rings. The lowest BCUT2D eigenvalue weighted by Gasteiger charge is -2.30. The van der Waals surface area contributed by atoms with E-state index in [-0.39, 0.29) is 29.3 Å². The number of amides is 1. The van der Waals surface area contributed by atoms with Crippen molar-refractivity contribution in [3.8, 4) is 0 Å². The Morgan fingerprint density at radius 2 is 2.00 bits per heavy atom. The largest absolute Gasteiger partial charge is 0.379 e. The first-order valence-corrected chi connectivity index (χ1v) is 12.5. The van der Waals surface area contributed by atoms with Gasteiger partial charge in [-0.2, -0.15) is 0 Å². The number of pyridine rings is 1. The van der Waals surface area contributed by atoms with Crippen LogP contribution >= 0.6 is 0 Å². The number of rotatable bonds is 12. The van der Waals surface area contributed by atoms with Crippen molar-refractivity contribution in [2.75, 3.05) is 48.6 Å². The molecule has 1 aliphatic heterocycles. The molecule has 11 heteroatoms. The minimum absolute atomic E-state index is 0.0181. The third kappa shape index (κ3) is 6.41. The van der Waals surface area contributed by atoms with Crippen LogP contribution in [0.5, 0.6) is 0 Å². The number of fused-ring (bicyclic) bond motifs is 1. The first-order valence-electron chi connectivity index (χ1n) is 12.5. The van der Waals surface area contributed by atoms with Crippen LogP contribution in [0.1, 0.15) is 48.5 Å². The number of carbonyl (C=O) groups excluding carboxylic acids is 1. The monoisotopic (exact) mass is 501 g/mol. The molecule has 1 amide bonds. The van der Waals surface area contributed by atoms with Gasteiger partial charge in [-0.25, -0.2) is 14.8 Å². The van der Waals surface area contributed by atoms with Crippen LogP contribution < -0.4 is 32.5 Å². The van der Waals surface area contributed by atoms with E-state index >= 15 is 0 Å². The van der Waals surface area contributed by atoms with Crippen LogP contribution in [-0.4, -0.2) is 55.9 Å². The Morgan fingerprint density at radius 1 is 1.19 bits per heavy atom. The lowest BCUT2D eigenvalue weighted by molar-refractivity contribution is 0.0552. The summed E-state index contributed by atoms with van der Waals surface area (Å²) in [6, 6.07) is 6.80. The molecule has 2 heterocycles. The van der Waals surface area contributed by atoms with Crippen molar-refractivity contribution in [2.45, 2.75) is 51.2 Å². The molecule has 1 saturated carbocycles. The van der Waals surface area contributed by atoms with E-state index < -0.39 is 11.7 Å². The van der Waals surface area contributed by atoms with Crippen LogP contribution in [0.15, 0.2) is 24.3 Å². The number of primary amides is 1. The van der Waals surface area contributed by atoms with Gasteiger partial charge in [-0.3, -0.25) is 4.79 Å². The molecule has 1 aliphatic carbocycles. The summed E-state index contributed by atoms with van der Waals surface area (Å²) in [6.45, 7) is 5.70.